The summed E-state index contributed by atoms with van der Waals surface area (Å²) < 4.78 is 11.9. The van der Waals surface area contributed by atoms with Gasteiger partial charge in [0, 0.05) is 26.9 Å². The van der Waals surface area contributed by atoms with Crippen molar-refractivity contribution >= 4 is 33.8 Å². The van der Waals surface area contributed by atoms with E-state index in [1.165, 1.54) is 4.90 Å². The van der Waals surface area contributed by atoms with Crippen LogP contribution in [0.1, 0.15) is 31.1 Å². The molecule has 0 radical (unpaired) electrons. The highest BCUT2D eigenvalue weighted by Crippen LogP contribution is 2.44. The van der Waals surface area contributed by atoms with Gasteiger partial charge in [0.2, 0.25) is 5.88 Å². The van der Waals surface area contributed by atoms with Crippen LogP contribution in [0.25, 0.3) is 0 Å². The molecule has 1 aromatic heterocycles. The maximum absolute atomic E-state index is 11.8. The summed E-state index contributed by atoms with van der Waals surface area (Å²) in [4.78, 5) is 18.5. The molecule has 2 aromatic rings. The largest absolute Gasteiger partial charge is 0.481 e. The fourth-order valence-corrected chi connectivity index (χ4v) is 5.12. The van der Waals surface area contributed by atoms with E-state index < -0.39 is 11.8 Å². The summed E-state index contributed by atoms with van der Waals surface area (Å²) in [6.45, 7) is 3.95. The molecule has 28 heavy (non-hydrogen) atoms. The van der Waals surface area contributed by atoms with Gasteiger partial charge in [-0.25, -0.2) is 9.78 Å². The number of pyridine rings is 1. The van der Waals surface area contributed by atoms with E-state index >= 15 is 0 Å². The van der Waals surface area contributed by atoms with Gasteiger partial charge < -0.3 is 14.6 Å². The molecule has 8 heteroatoms. The number of carboxylic acid groups (broad SMARTS) is 1. The fraction of sp³-hybridized carbons (Fsp3) is 0.400. The van der Waals surface area contributed by atoms with Gasteiger partial charge in [0.1, 0.15) is 5.72 Å². The van der Waals surface area contributed by atoms with Gasteiger partial charge in [0.25, 0.3) is 0 Å². The lowest BCUT2D eigenvalue weighted by atomic mass is 10.0. The number of carbonyl (C=O) groups is 1. The molecule has 0 spiro atoms. The third kappa shape index (κ3) is 4.61. The molecule has 0 saturated carbocycles. The average Bonchev–Trinajstić information content (AvgIpc) is 2.97. The molecule has 1 aromatic carbocycles. The standard InChI is InChI=1S/C20H23BrN2O4S/c1-20(2)23(19(24)25)14(12-27-20)9-16(13-7-5-4-6-8-13)28-17-10-18(26-3)22-11-15(17)21/h4-8,10-11,14,16H,9,12H2,1-3H3,(H,24,25)/t14-,16+/m0/s1. The number of amides is 1. The van der Waals surface area contributed by atoms with Crippen LogP contribution >= 0.6 is 27.7 Å². The van der Waals surface area contributed by atoms with Crippen LogP contribution in [-0.4, -0.2) is 46.6 Å². The number of rotatable bonds is 6. The van der Waals surface area contributed by atoms with E-state index in [0.717, 1.165) is 14.9 Å². The molecule has 1 saturated heterocycles. The highest BCUT2D eigenvalue weighted by Gasteiger charge is 2.44. The predicted molar refractivity (Wildman–Crippen MR) is 112 cm³/mol. The number of benzene rings is 1. The van der Waals surface area contributed by atoms with Crippen molar-refractivity contribution in [2.75, 3.05) is 13.7 Å². The second-order valence-corrected chi connectivity index (χ2v) is 9.07. The van der Waals surface area contributed by atoms with Crippen molar-refractivity contribution in [3.8, 4) is 5.88 Å². The quantitative estimate of drug-likeness (QED) is 0.590. The summed E-state index contributed by atoms with van der Waals surface area (Å²) >= 11 is 5.22. The van der Waals surface area contributed by atoms with E-state index in [1.807, 2.05) is 24.3 Å². The summed E-state index contributed by atoms with van der Waals surface area (Å²) in [5.41, 5.74) is 0.299. The van der Waals surface area contributed by atoms with E-state index in [0.29, 0.717) is 18.9 Å². The highest BCUT2D eigenvalue weighted by atomic mass is 79.9. The number of ether oxygens (including phenoxy) is 2. The second kappa shape index (κ2) is 8.71. The summed E-state index contributed by atoms with van der Waals surface area (Å²) in [7, 11) is 1.59. The Labute approximate surface area is 177 Å². The van der Waals surface area contributed by atoms with Crippen molar-refractivity contribution in [1.29, 1.82) is 0 Å². The number of hydrogen-bond acceptors (Lipinski definition) is 5. The van der Waals surface area contributed by atoms with Gasteiger partial charge in [-0.1, -0.05) is 30.3 Å². The minimum Gasteiger partial charge on any atom is -0.481 e. The van der Waals surface area contributed by atoms with E-state index in [9.17, 15) is 9.90 Å². The normalized spacial score (nSPS) is 19.4. The predicted octanol–water partition coefficient (Wildman–Crippen LogP) is 5.19. The lowest BCUT2D eigenvalue weighted by molar-refractivity contribution is -0.0421. The average molecular weight is 467 g/mol. The number of nitrogens with zero attached hydrogens (tertiary/aromatic N) is 2. The molecule has 6 nitrogen and oxygen atoms in total. The van der Waals surface area contributed by atoms with E-state index in [2.05, 4.69) is 33.0 Å². The molecule has 0 unspecified atom stereocenters. The number of halogens is 1. The smallest absolute Gasteiger partial charge is 0.409 e. The van der Waals surface area contributed by atoms with Crippen molar-refractivity contribution in [3.05, 3.63) is 52.6 Å². The Morgan fingerprint density at radius 2 is 2.18 bits per heavy atom. The first kappa shape index (κ1) is 21.0. The Hall–Kier alpha value is -1.77. The first-order valence-electron chi connectivity index (χ1n) is 8.89. The zero-order valence-corrected chi connectivity index (χ0v) is 18.4. The molecule has 1 amide bonds. The van der Waals surface area contributed by atoms with Gasteiger partial charge in [-0.05, 0) is 41.8 Å². The van der Waals surface area contributed by atoms with Gasteiger partial charge >= 0.3 is 6.09 Å². The number of methoxy groups -OCH3 is 1. The molecule has 150 valence electrons. The van der Waals surface area contributed by atoms with Crippen molar-refractivity contribution in [2.45, 2.75) is 42.2 Å². The van der Waals surface area contributed by atoms with Crippen molar-refractivity contribution in [2.24, 2.45) is 0 Å². The van der Waals surface area contributed by atoms with Crippen molar-refractivity contribution < 1.29 is 19.4 Å². The molecule has 0 aliphatic carbocycles. The molecule has 2 atom stereocenters. The molecular weight excluding hydrogens is 444 g/mol. The molecule has 1 fully saturated rings. The first-order valence-corrected chi connectivity index (χ1v) is 10.6. The van der Waals surface area contributed by atoms with E-state index in [1.54, 1.807) is 38.9 Å². The number of hydrogen-bond donors (Lipinski definition) is 1. The Bertz CT molecular complexity index is 834. The Kier molecular flexibility index (Phi) is 6.52. The van der Waals surface area contributed by atoms with Crippen molar-refractivity contribution in [1.82, 2.24) is 9.88 Å². The highest BCUT2D eigenvalue weighted by molar-refractivity contribution is 9.10. The summed E-state index contributed by atoms with van der Waals surface area (Å²) in [5.74, 6) is 0.537. The summed E-state index contributed by atoms with van der Waals surface area (Å²) in [6, 6.07) is 11.8. The topological polar surface area (TPSA) is 71.9 Å². The maximum atomic E-state index is 11.8. The summed E-state index contributed by atoms with van der Waals surface area (Å²) in [6.07, 6.45) is 1.38. The Morgan fingerprint density at radius 3 is 2.82 bits per heavy atom. The van der Waals surface area contributed by atoms with Crippen LogP contribution in [0.5, 0.6) is 5.88 Å². The fourth-order valence-electron chi connectivity index (χ4n) is 3.37. The van der Waals surface area contributed by atoms with Gasteiger partial charge in [-0.15, -0.1) is 11.8 Å². The van der Waals surface area contributed by atoms with Crippen LogP contribution in [0.4, 0.5) is 4.79 Å². The third-order valence-corrected chi connectivity index (χ3v) is 6.95. The van der Waals surface area contributed by atoms with E-state index in [-0.39, 0.29) is 11.3 Å². The van der Waals surface area contributed by atoms with Gasteiger partial charge in [-0.3, -0.25) is 4.90 Å². The molecule has 2 heterocycles. The van der Waals surface area contributed by atoms with Gasteiger partial charge in [-0.2, -0.15) is 0 Å². The minimum atomic E-state index is -0.962. The monoisotopic (exact) mass is 466 g/mol. The molecule has 1 aliphatic rings. The SMILES string of the molecule is COc1cc(S[C@H](C[C@H]2COC(C)(C)N2C(=O)O)c2ccccc2)c(Br)cn1. The Morgan fingerprint density at radius 1 is 1.46 bits per heavy atom. The third-order valence-electron chi connectivity index (χ3n) is 4.71. The maximum Gasteiger partial charge on any atom is 0.409 e. The van der Waals surface area contributed by atoms with Crippen LogP contribution in [0.15, 0.2) is 52.0 Å². The molecule has 1 aliphatic heterocycles. The van der Waals surface area contributed by atoms with Crippen LogP contribution in [0, 0.1) is 0 Å². The van der Waals surface area contributed by atoms with E-state index in [4.69, 9.17) is 9.47 Å². The van der Waals surface area contributed by atoms with Gasteiger partial charge in [0.05, 0.1) is 19.8 Å². The lowest BCUT2D eigenvalue weighted by Gasteiger charge is -2.32. The summed E-state index contributed by atoms with van der Waals surface area (Å²) in [5, 5.41) is 9.75. The zero-order valence-electron chi connectivity index (χ0n) is 16.0. The van der Waals surface area contributed by atoms with Crippen LogP contribution < -0.4 is 4.74 Å². The molecule has 3 rings (SSSR count). The number of thioether (sulfide) groups is 1. The Balaban J connectivity index is 1.90. The lowest BCUT2D eigenvalue weighted by Crippen LogP contribution is -2.47. The van der Waals surface area contributed by atoms with Crippen LogP contribution in [0.3, 0.4) is 0 Å². The first-order chi connectivity index (χ1) is 13.3. The van der Waals surface area contributed by atoms with Gasteiger partial charge in [0.15, 0.2) is 0 Å². The number of aromatic nitrogens is 1. The zero-order chi connectivity index (χ0) is 20.3. The van der Waals surface area contributed by atoms with Crippen molar-refractivity contribution in [3.63, 3.8) is 0 Å². The molecule has 1 N–H and O–H groups in total. The second-order valence-electron chi connectivity index (χ2n) is 6.97. The van der Waals surface area contributed by atoms with Crippen LogP contribution in [0.2, 0.25) is 0 Å². The van der Waals surface area contributed by atoms with Crippen LogP contribution in [-0.2, 0) is 4.74 Å². The minimum absolute atomic E-state index is 0.0361. The molecular formula is C20H23BrN2O4S. The molecule has 0 bridgehead atoms.